The molecule has 4 aliphatic heterocycles. The van der Waals surface area contributed by atoms with Crippen molar-refractivity contribution >= 4 is 53.2 Å². The van der Waals surface area contributed by atoms with Crippen LogP contribution in [0.3, 0.4) is 0 Å². The van der Waals surface area contributed by atoms with Gasteiger partial charge in [0.25, 0.3) is 11.8 Å². The van der Waals surface area contributed by atoms with Crippen LogP contribution in [0.25, 0.3) is 0 Å². The smallest absolute Gasteiger partial charge is 0.358 e. The monoisotopic (exact) mass is 1720 g/mol. The molecule has 2 fully saturated rings. The molecular formula is C86H89F8N7O22. The number of carbonyl (C=O) groups is 9. The minimum Gasteiger partial charge on any atom is -0.503 e. The first kappa shape index (κ1) is 95.6. The highest BCUT2D eigenvalue weighted by atomic mass is 19.2. The Hall–Kier alpha value is -12.9. The summed E-state index contributed by atoms with van der Waals surface area (Å²) in [5, 5.41) is 18.6. The topological polar surface area (TPSA) is 379 Å². The highest BCUT2D eigenvalue weighted by molar-refractivity contribution is 6.02. The van der Waals surface area contributed by atoms with E-state index in [1.54, 1.807) is 4.90 Å². The van der Waals surface area contributed by atoms with Crippen molar-refractivity contribution in [3.8, 4) is 23.0 Å². The fourth-order valence-corrected chi connectivity index (χ4v) is 13.7. The average Bonchev–Trinajstić information content (AvgIpc) is 0.747. The van der Waals surface area contributed by atoms with E-state index in [-0.39, 0.29) is 187 Å². The summed E-state index contributed by atoms with van der Waals surface area (Å²) in [5.41, 5.74) is 1.07. The van der Waals surface area contributed by atoms with Crippen LogP contribution in [0, 0.1) is 46.5 Å². The number of amides is 2. The molecule has 8 aromatic rings. The number of aryl methyl sites for hydroxylation is 4. The Labute approximate surface area is 697 Å². The van der Waals surface area contributed by atoms with E-state index in [4.69, 9.17) is 34.5 Å². The number of carbonyl (C=O) groups excluding carboxylic acids is 9. The van der Waals surface area contributed by atoms with Crippen molar-refractivity contribution in [3.05, 3.63) is 265 Å². The van der Waals surface area contributed by atoms with E-state index in [1.165, 1.54) is 81.8 Å². The fourth-order valence-electron chi connectivity index (χ4n) is 13.7. The lowest BCUT2D eigenvalue weighted by Crippen LogP contribution is -2.57. The summed E-state index contributed by atoms with van der Waals surface area (Å²) in [4.78, 5) is 165. The zero-order valence-corrected chi connectivity index (χ0v) is 68.1. The summed E-state index contributed by atoms with van der Waals surface area (Å²) in [6, 6.07) is 12.2. The standard InChI is InChI=1S/C22H22F2N2O5.C21H20F2N2O5.C20H19F2NO5.C19H17F2NO6.C4H11NO/c1-12-7-8-31-18-11-25-10-15(20(28)21(30-2)19(25)22(29)26(12)18)17(27)6-4-13-3-5-14(23)9-16(13)24;1-11-6-7-30-17-10-24-9-14(19(27)20(28)18(24)21(29)25(11)17)16(26)5-3-12-2-4-13(22)8-15(12)23;1-4-9-23-11-14(18(25)19(27-2)17(23)20(26)28-3)16(24)8-6-12-5-7-13(21)10-15(12)22;1-27-18-16(19(26)28-2)22(7-8-23)10-13(17(18)25)15(24)6-4-11-3-5-12(20)9-14(11)21;1-4(5)2-3-6/h3,5,9-10,12,18H,4,6-8,11H2,1-2H3;2,4,8-9,11,17,28H,3,5-7,10H2,1H3;4-5,7,10-11H,1,6,8-9H2,2-3H3;3,5,8-10H,4,6-7H2,1-2H3;4,6H,2-3,5H2,1H3/t12-,18+;11-,17+;;;4-/m11..1/s1. The van der Waals surface area contributed by atoms with E-state index < -0.39 is 133 Å². The van der Waals surface area contributed by atoms with Gasteiger partial charge >= 0.3 is 11.9 Å². The summed E-state index contributed by atoms with van der Waals surface area (Å²) in [6.07, 6.45) is 6.89. The van der Waals surface area contributed by atoms with Gasteiger partial charge in [0.1, 0.15) is 52.8 Å². The summed E-state index contributed by atoms with van der Waals surface area (Å²) >= 11 is 0. The largest absolute Gasteiger partial charge is 0.503 e. The van der Waals surface area contributed by atoms with Crippen LogP contribution < -0.4 is 41.7 Å². The first-order valence-corrected chi connectivity index (χ1v) is 38.3. The second-order valence-corrected chi connectivity index (χ2v) is 28.4. The number of fused-ring (bicyclic) bond motifs is 4. The zero-order valence-electron chi connectivity index (χ0n) is 68.1. The number of aliphatic hydroxyl groups excluding tert-OH is 1. The average molecular weight is 1720 g/mol. The highest BCUT2D eigenvalue weighted by Gasteiger charge is 2.43. The highest BCUT2D eigenvalue weighted by Crippen LogP contribution is 2.33. The summed E-state index contributed by atoms with van der Waals surface area (Å²) in [5.74, 6) is -12.7. The molecule has 0 spiro atoms. The lowest BCUT2D eigenvalue weighted by atomic mass is 10.0. The third-order valence-corrected chi connectivity index (χ3v) is 20.1. The van der Waals surface area contributed by atoms with Crippen LogP contribution in [0.4, 0.5) is 35.1 Å². The van der Waals surface area contributed by atoms with E-state index in [0.29, 0.717) is 44.8 Å². The van der Waals surface area contributed by atoms with Crippen LogP contribution in [-0.2, 0) is 75.6 Å². The fraction of sp³-hybridized carbons (Fsp3) is 0.360. The normalized spacial score (nSPS) is 15.6. The number of nitrogens with two attached hydrogens (primary N) is 1. The van der Waals surface area contributed by atoms with Crippen LogP contribution in [0.1, 0.15) is 171 Å². The van der Waals surface area contributed by atoms with Crippen molar-refractivity contribution < 1.29 is 122 Å². The molecule has 4 aliphatic rings. The predicted molar refractivity (Wildman–Crippen MR) is 424 cm³/mol. The number of ketones is 4. The molecule has 12 rings (SSSR count). The number of pyridine rings is 4. The summed E-state index contributed by atoms with van der Waals surface area (Å²) in [7, 11) is 5.85. The maximum absolute atomic E-state index is 13.9. The molecule has 0 unspecified atom stereocenters. The number of hydrogen-bond donors (Lipinski definition) is 3. The molecule has 8 heterocycles. The number of esters is 2. The number of methoxy groups -OCH3 is 5. The van der Waals surface area contributed by atoms with Gasteiger partial charge in [0.2, 0.25) is 21.7 Å². The molecule has 0 saturated carbocycles. The third kappa shape index (κ3) is 22.8. The van der Waals surface area contributed by atoms with Crippen LogP contribution in [0.2, 0.25) is 0 Å². The molecule has 2 saturated heterocycles. The van der Waals surface area contributed by atoms with Crippen LogP contribution in [0.15, 0.2) is 129 Å². The van der Waals surface area contributed by atoms with Gasteiger partial charge in [0, 0.05) is 106 Å². The Morgan fingerprint density at radius 2 is 0.829 bits per heavy atom. The second kappa shape index (κ2) is 43.6. The summed E-state index contributed by atoms with van der Waals surface area (Å²) < 4.78 is 148. The number of aliphatic hydroxyl groups is 1. The molecule has 4 aromatic heterocycles. The number of hydrogen-bond acceptors (Lipinski definition) is 23. The Morgan fingerprint density at radius 1 is 0.504 bits per heavy atom. The molecule has 4 aromatic carbocycles. The lowest BCUT2D eigenvalue weighted by molar-refractivity contribution is -0.112. The van der Waals surface area contributed by atoms with Crippen LogP contribution in [0.5, 0.6) is 23.0 Å². The number of aldehydes is 1. The summed E-state index contributed by atoms with van der Waals surface area (Å²) in [6.45, 7) is 10.7. The molecule has 4 N–H and O–H groups in total. The number of rotatable bonds is 27. The molecule has 123 heavy (non-hydrogen) atoms. The molecule has 29 nitrogen and oxygen atoms in total. The van der Waals surface area contributed by atoms with Crippen LogP contribution in [-0.4, -0.2) is 177 Å². The van der Waals surface area contributed by atoms with E-state index in [1.807, 2.05) is 20.8 Å². The number of allylic oxidation sites excluding steroid dienone is 1. The zero-order chi connectivity index (χ0) is 90.5. The number of ether oxygens (including phenoxy) is 7. The van der Waals surface area contributed by atoms with Crippen molar-refractivity contribution in [1.82, 2.24) is 28.1 Å². The first-order valence-electron chi connectivity index (χ1n) is 38.3. The van der Waals surface area contributed by atoms with Crippen molar-refractivity contribution in [3.63, 3.8) is 0 Å². The molecule has 0 bridgehead atoms. The Morgan fingerprint density at radius 3 is 1.14 bits per heavy atom. The minimum atomic E-state index is -0.941. The predicted octanol–water partition coefficient (Wildman–Crippen LogP) is 9.35. The number of benzene rings is 4. The minimum absolute atomic E-state index is 0.00438. The first-order chi connectivity index (χ1) is 58.5. The maximum Gasteiger partial charge on any atom is 0.358 e. The van der Waals surface area contributed by atoms with Gasteiger partial charge in [-0.3, -0.25) is 47.9 Å². The molecule has 0 radical (unpaired) electrons. The number of aromatic nitrogens is 4. The van der Waals surface area contributed by atoms with Crippen molar-refractivity contribution in [2.45, 2.75) is 148 Å². The number of aromatic hydroxyl groups is 1. The molecule has 0 aliphatic carbocycles. The van der Waals surface area contributed by atoms with E-state index in [0.717, 1.165) is 74.6 Å². The molecule has 2 amide bonds. The second-order valence-electron chi connectivity index (χ2n) is 28.4. The Kier molecular flexibility index (Phi) is 33.9. The lowest BCUT2D eigenvalue weighted by Gasteiger charge is -2.44. The molecule has 37 heteroatoms. The number of Topliss-reactive ketones (excluding diaryl/α,β-unsaturated/α-hetero) is 4. The molecule has 5 atom stereocenters. The van der Waals surface area contributed by atoms with E-state index >= 15 is 0 Å². The van der Waals surface area contributed by atoms with Gasteiger partial charge in [-0.05, 0) is 112 Å². The van der Waals surface area contributed by atoms with Gasteiger partial charge in [-0.25, -0.2) is 44.7 Å². The van der Waals surface area contributed by atoms with Gasteiger partial charge in [0.05, 0.1) is 90.7 Å². The number of nitrogens with zero attached hydrogens (tertiary/aromatic N) is 6. The maximum atomic E-state index is 13.9. The van der Waals surface area contributed by atoms with Gasteiger partial charge in [-0.1, -0.05) is 30.3 Å². The van der Waals surface area contributed by atoms with Gasteiger partial charge in [-0.2, -0.15) is 0 Å². The van der Waals surface area contributed by atoms with E-state index in [9.17, 15) is 103 Å². The molecular weight excluding hydrogens is 1630 g/mol. The number of halogens is 8. The van der Waals surface area contributed by atoms with E-state index in [2.05, 4.69) is 16.1 Å². The quantitative estimate of drug-likeness (QED) is 0.0142. The van der Waals surface area contributed by atoms with Crippen molar-refractivity contribution in [2.24, 2.45) is 5.73 Å². The van der Waals surface area contributed by atoms with Crippen molar-refractivity contribution in [1.29, 1.82) is 0 Å². The van der Waals surface area contributed by atoms with Crippen molar-refractivity contribution in [2.75, 3.05) is 55.4 Å². The Bertz CT molecular complexity index is 5450. The SMILES string of the molecule is C=CCn1cc(C(=O)CCc2ccc(F)cc2F)c(=O)c(OC)c1C(=O)OC.COC(=O)c1c(OC)c(=O)c(C(=O)CCc2ccc(F)cc2F)cn1CC=O.COc1c2n(cc(C(=O)CCc3ccc(F)cc3F)c1=O)C[C@@H]1OCC[C@@H](C)N1C2=O.C[C@@H](N)CCO.C[C@@H]1CCO[C@H]2Cn3cc(C(=O)CCc4ccc(F)cc4F)c(=O)c(O)c3C(=O)N12. The van der Waals surface area contributed by atoms with Gasteiger partial charge < -0.3 is 82.0 Å². The Balaban J connectivity index is 0.000000199. The van der Waals surface area contributed by atoms with Gasteiger partial charge in [-0.15, -0.1) is 6.58 Å². The third-order valence-electron chi connectivity index (χ3n) is 20.1. The molecule has 656 valence electrons. The van der Waals surface area contributed by atoms with Crippen LogP contribution >= 0.6 is 0 Å². The van der Waals surface area contributed by atoms with Gasteiger partial charge in [0.15, 0.2) is 81.4 Å².